The van der Waals surface area contributed by atoms with Gasteiger partial charge in [-0.25, -0.2) is 0 Å². The third kappa shape index (κ3) is 5.55. The summed E-state index contributed by atoms with van der Waals surface area (Å²) in [5, 5.41) is 2.65. The van der Waals surface area contributed by atoms with Crippen LogP contribution in [-0.2, 0) is 14.3 Å². The van der Waals surface area contributed by atoms with E-state index in [-0.39, 0.29) is 30.7 Å². The Hall–Kier alpha value is -2.37. The standard InChI is InChI=1S/C16H22N2O4/c1-12-6-4-5-7-14(12)16(21)18(10-8-15(20)22-3)11-9-17-13(2)19/h4-7H,8-11H2,1-3H3,(H,17,19). The Bertz CT molecular complexity index is 543. The Kier molecular flexibility index (Phi) is 7.08. The van der Waals surface area contributed by atoms with Crippen LogP contribution in [0.2, 0.25) is 0 Å². The molecule has 2 amide bonds. The van der Waals surface area contributed by atoms with Crippen molar-refractivity contribution in [3.8, 4) is 0 Å². The lowest BCUT2D eigenvalue weighted by Crippen LogP contribution is -2.39. The number of methoxy groups -OCH3 is 1. The van der Waals surface area contributed by atoms with E-state index in [0.717, 1.165) is 5.56 Å². The van der Waals surface area contributed by atoms with Gasteiger partial charge in [0, 0.05) is 32.1 Å². The largest absolute Gasteiger partial charge is 0.469 e. The summed E-state index contributed by atoms with van der Waals surface area (Å²) < 4.78 is 4.61. The lowest BCUT2D eigenvalue weighted by molar-refractivity contribution is -0.140. The Morgan fingerprint density at radius 1 is 1.18 bits per heavy atom. The molecule has 0 spiro atoms. The smallest absolute Gasteiger partial charge is 0.307 e. The first-order chi connectivity index (χ1) is 10.5. The first-order valence-electron chi connectivity index (χ1n) is 7.12. The van der Waals surface area contributed by atoms with E-state index in [1.807, 2.05) is 19.1 Å². The number of hydrogen-bond acceptors (Lipinski definition) is 4. The predicted molar refractivity (Wildman–Crippen MR) is 82.4 cm³/mol. The number of ether oxygens (including phenoxy) is 1. The molecule has 0 fully saturated rings. The van der Waals surface area contributed by atoms with E-state index in [9.17, 15) is 14.4 Å². The van der Waals surface area contributed by atoms with Crippen molar-refractivity contribution >= 4 is 17.8 Å². The van der Waals surface area contributed by atoms with Crippen LogP contribution in [0.25, 0.3) is 0 Å². The molecule has 0 saturated heterocycles. The van der Waals surface area contributed by atoms with Gasteiger partial charge in [-0.05, 0) is 18.6 Å². The molecule has 0 bridgehead atoms. The van der Waals surface area contributed by atoms with Crippen LogP contribution in [0, 0.1) is 6.92 Å². The van der Waals surface area contributed by atoms with Gasteiger partial charge in [0.1, 0.15) is 0 Å². The summed E-state index contributed by atoms with van der Waals surface area (Å²) in [6.07, 6.45) is 0.119. The highest BCUT2D eigenvalue weighted by Gasteiger charge is 2.18. The molecule has 120 valence electrons. The highest BCUT2D eigenvalue weighted by molar-refractivity contribution is 5.95. The van der Waals surface area contributed by atoms with Gasteiger partial charge in [-0.2, -0.15) is 0 Å². The fraction of sp³-hybridized carbons (Fsp3) is 0.438. The number of esters is 1. The van der Waals surface area contributed by atoms with Crippen LogP contribution in [0.1, 0.15) is 29.3 Å². The lowest BCUT2D eigenvalue weighted by Gasteiger charge is -2.23. The quantitative estimate of drug-likeness (QED) is 0.766. The molecule has 1 rings (SSSR count). The number of carbonyl (C=O) groups excluding carboxylic acids is 3. The SMILES string of the molecule is COC(=O)CCN(CCNC(C)=O)C(=O)c1ccccc1C. The van der Waals surface area contributed by atoms with Crippen molar-refractivity contribution in [2.24, 2.45) is 0 Å². The Balaban J connectivity index is 2.78. The van der Waals surface area contributed by atoms with Crippen LogP contribution in [-0.4, -0.2) is 49.4 Å². The van der Waals surface area contributed by atoms with Crippen LogP contribution in [0.15, 0.2) is 24.3 Å². The molecule has 0 saturated carbocycles. The molecule has 6 nitrogen and oxygen atoms in total. The third-order valence-electron chi connectivity index (χ3n) is 3.23. The second kappa shape index (κ2) is 8.81. The fourth-order valence-electron chi connectivity index (χ4n) is 1.99. The maximum absolute atomic E-state index is 12.6. The number of carbonyl (C=O) groups is 3. The zero-order valence-electron chi connectivity index (χ0n) is 13.2. The first-order valence-corrected chi connectivity index (χ1v) is 7.12. The maximum Gasteiger partial charge on any atom is 0.307 e. The van der Waals surface area contributed by atoms with Gasteiger partial charge in [-0.15, -0.1) is 0 Å². The zero-order valence-corrected chi connectivity index (χ0v) is 13.2. The minimum atomic E-state index is -0.373. The highest BCUT2D eigenvalue weighted by atomic mass is 16.5. The molecule has 1 aromatic rings. The molecule has 0 aliphatic rings. The molecule has 0 aliphatic heterocycles. The average Bonchev–Trinajstić information content (AvgIpc) is 2.49. The second-order valence-electron chi connectivity index (χ2n) is 4.92. The number of nitrogens with zero attached hydrogens (tertiary/aromatic N) is 1. The summed E-state index contributed by atoms with van der Waals surface area (Å²) in [6.45, 7) is 4.21. The molecule has 6 heteroatoms. The van der Waals surface area contributed by atoms with Crippen molar-refractivity contribution in [3.05, 3.63) is 35.4 Å². The zero-order chi connectivity index (χ0) is 16.5. The van der Waals surface area contributed by atoms with E-state index < -0.39 is 0 Å². The van der Waals surface area contributed by atoms with Gasteiger partial charge in [-0.1, -0.05) is 18.2 Å². The Morgan fingerprint density at radius 2 is 1.86 bits per heavy atom. The predicted octanol–water partition coefficient (Wildman–Crippen LogP) is 1.14. The van der Waals surface area contributed by atoms with Crippen molar-refractivity contribution in [1.29, 1.82) is 0 Å². The average molecular weight is 306 g/mol. The molecule has 0 unspecified atom stereocenters. The summed E-state index contributed by atoms with van der Waals surface area (Å²) in [5.74, 6) is -0.689. The van der Waals surface area contributed by atoms with E-state index >= 15 is 0 Å². The van der Waals surface area contributed by atoms with Gasteiger partial charge in [0.05, 0.1) is 13.5 Å². The van der Waals surface area contributed by atoms with Gasteiger partial charge in [0.25, 0.3) is 5.91 Å². The van der Waals surface area contributed by atoms with Crippen LogP contribution >= 0.6 is 0 Å². The number of benzene rings is 1. The molecule has 0 heterocycles. The minimum Gasteiger partial charge on any atom is -0.469 e. The second-order valence-corrected chi connectivity index (χ2v) is 4.92. The maximum atomic E-state index is 12.6. The Morgan fingerprint density at radius 3 is 2.45 bits per heavy atom. The van der Waals surface area contributed by atoms with Crippen molar-refractivity contribution in [2.45, 2.75) is 20.3 Å². The van der Waals surface area contributed by atoms with Gasteiger partial charge in [-0.3, -0.25) is 14.4 Å². The van der Waals surface area contributed by atoms with Crippen LogP contribution in [0.3, 0.4) is 0 Å². The fourth-order valence-corrected chi connectivity index (χ4v) is 1.99. The molecule has 22 heavy (non-hydrogen) atoms. The lowest BCUT2D eigenvalue weighted by atomic mass is 10.1. The summed E-state index contributed by atoms with van der Waals surface area (Å²) in [4.78, 5) is 36.4. The summed E-state index contributed by atoms with van der Waals surface area (Å²) in [6, 6.07) is 7.27. The first kappa shape index (κ1) is 17.7. The highest BCUT2D eigenvalue weighted by Crippen LogP contribution is 2.11. The number of aryl methyl sites for hydroxylation is 1. The van der Waals surface area contributed by atoms with E-state index in [0.29, 0.717) is 18.7 Å². The normalized spacial score (nSPS) is 9.95. The summed E-state index contributed by atoms with van der Waals surface area (Å²) in [7, 11) is 1.31. The molecule has 0 radical (unpaired) electrons. The topological polar surface area (TPSA) is 75.7 Å². The van der Waals surface area contributed by atoms with Crippen molar-refractivity contribution in [1.82, 2.24) is 10.2 Å². The van der Waals surface area contributed by atoms with Crippen molar-refractivity contribution in [3.63, 3.8) is 0 Å². The molecular weight excluding hydrogens is 284 g/mol. The van der Waals surface area contributed by atoms with Crippen LogP contribution < -0.4 is 5.32 Å². The van der Waals surface area contributed by atoms with E-state index in [2.05, 4.69) is 10.1 Å². The number of hydrogen-bond donors (Lipinski definition) is 1. The molecule has 1 aromatic carbocycles. The van der Waals surface area contributed by atoms with Crippen molar-refractivity contribution < 1.29 is 19.1 Å². The Labute approximate surface area is 130 Å². The molecule has 0 aromatic heterocycles. The van der Waals surface area contributed by atoms with E-state index in [4.69, 9.17) is 0 Å². The molecule has 0 atom stereocenters. The third-order valence-corrected chi connectivity index (χ3v) is 3.23. The van der Waals surface area contributed by atoms with E-state index in [1.165, 1.54) is 14.0 Å². The van der Waals surface area contributed by atoms with E-state index in [1.54, 1.807) is 17.0 Å². The molecular formula is C16H22N2O4. The van der Waals surface area contributed by atoms with Gasteiger partial charge in [0.2, 0.25) is 5.91 Å². The van der Waals surface area contributed by atoms with Crippen LogP contribution in [0.4, 0.5) is 0 Å². The van der Waals surface area contributed by atoms with Crippen molar-refractivity contribution in [2.75, 3.05) is 26.7 Å². The summed E-state index contributed by atoms with van der Waals surface area (Å²) >= 11 is 0. The van der Waals surface area contributed by atoms with Gasteiger partial charge < -0.3 is 15.0 Å². The van der Waals surface area contributed by atoms with Crippen LogP contribution in [0.5, 0.6) is 0 Å². The molecule has 0 aliphatic carbocycles. The minimum absolute atomic E-state index is 0.119. The van der Waals surface area contributed by atoms with Gasteiger partial charge >= 0.3 is 5.97 Å². The monoisotopic (exact) mass is 306 g/mol. The molecule has 1 N–H and O–H groups in total. The summed E-state index contributed by atoms with van der Waals surface area (Å²) in [5.41, 5.74) is 1.46. The number of amides is 2. The number of nitrogens with one attached hydrogen (secondary N) is 1. The number of rotatable bonds is 7. The van der Waals surface area contributed by atoms with Gasteiger partial charge in [0.15, 0.2) is 0 Å².